The van der Waals surface area contributed by atoms with E-state index in [1.807, 2.05) is 6.07 Å². The number of carbonyl (C=O) groups is 1. The second kappa shape index (κ2) is 4.98. The number of halogens is 1. The fourth-order valence-corrected chi connectivity index (χ4v) is 1.72. The number of benzene rings is 2. The van der Waals surface area contributed by atoms with E-state index in [4.69, 9.17) is 10.8 Å². The minimum Gasteiger partial charge on any atom is -0.480 e. The Balaban J connectivity index is 2.49. The molecule has 0 saturated heterocycles. The van der Waals surface area contributed by atoms with Crippen LogP contribution in [0.15, 0.2) is 48.5 Å². The first-order valence-electron chi connectivity index (χ1n) is 5.43. The lowest BCUT2D eigenvalue weighted by molar-refractivity contribution is -0.138. The minimum atomic E-state index is -1.15. The molecule has 2 aromatic carbocycles. The van der Waals surface area contributed by atoms with Crippen LogP contribution in [0.4, 0.5) is 4.39 Å². The van der Waals surface area contributed by atoms with Gasteiger partial charge in [-0.15, -0.1) is 0 Å². The van der Waals surface area contributed by atoms with Crippen LogP contribution in [-0.4, -0.2) is 11.1 Å². The van der Waals surface area contributed by atoms with Gasteiger partial charge in [-0.25, -0.2) is 4.39 Å². The van der Waals surface area contributed by atoms with Crippen LogP contribution in [0.2, 0.25) is 0 Å². The van der Waals surface area contributed by atoms with Crippen LogP contribution in [0, 0.1) is 5.82 Å². The highest BCUT2D eigenvalue weighted by Crippen LogP contribution is 2.25. The molecule has 0 heterocycles. The van der Waals surface area contributed by atoms with Crippen molar-refractivity contribution in [3.05, 3.63) is 59.9 Å². The van der Waals surface area contributed by atoms with Gasteiger partial charge < -0.3 is 10.8 Å². The molecule has 0 amide bonds. The van der Waals surface area contributed by atoms with E-state index >= 15 is 0 Å². The molecule has 0 aliphatic carbocycles. The Bertz CT molecular complexity index is 569. The maximum absolute atomic E-state index is 13.7. The Morgan fingerprint density at radius 2 is 1.83 bits per heavy atom. The summed E-state index contributed by atoms with van der Waals surface area (Å²) in [5, 5.41) is 8.85. The molecule has 1 atom stereocenters. The SMILES string of the molecule is NC(C(=O)O)c1ccc(F)c(-c2ccccc2)c1. The van der Waals surface area contributed by atoms with Crippen molar-refractivity contribution in [3.8, 4) is 11.1 Å². The maximum Gasteiger partial charge on any atom is 0.325 e. The van der Waals surface area contributed by atoms with Crippen LogP contribution in [0.5, 0.6) is 0 Å². The van der Waals surface area contributed by atoms with Gasteiger partial charge in [0.05, 0.1) is 0 Å². The molecule has 0 radical (unpaired) electrons. The molecule has 2 rings (SSSR count). The van der Waals surface area contributed by atoms with Gasteiger partial charge in [-0.3, -0.25) is 4.79 Å². The van der Waals surface area contributed by atoms with Gasteiger partial charge in [-0.2, -0.15) is 0 Å². The van der Waals surface area contributed by atoms with Crippen molar-refractivity contribution in [2.45, 2.75) is 6.04 Å². The zero-order valence-corrected chi connectivity index (χ0v) is 9.51. The van der Waals surface area contributed by atoms with Gasteiger partial charge in [0.1, 0.15) is 11.9 Å². The Morgan fingerprint density at radius 3 is 2.44 bits per heavy atom. The number of carboxylic acids is 1. The largest absolute Gasteiger partial charge is 0.480 e. The Morgan fingerprint density at radius 1 is 1.17 bits per heavy atom. The molecule has 0 fully saturated rings. The highest BCUT2D eigenvalue weighted by atomic mass is 19.1. The van der Waals surface area contributed by atoms with Crippen molar-refractivity contribution >= 4 is 5.97 Å². The fourth-order valence-electron chi connectivity index (χ4n) is 1.72. The molecule has 0 aromatic heterocycles. The summed E-state index contributed by atoms with van der Waals surface area (Å²) in [4.78, 5) is 10.8. The predicted molar refractivity (Wildman–Crippen MR) is 66.4 cm³/mol. The summed E-state index contributed by atoms with van der Waals surface area (Å²) in [6.45, 7) is 0. The first-order chi connectivity index (χ1) is 8.59. The van der Waals surface area contributed by atoms with Crippen LogP contribution in [0.1, 0.15) is 11.6 Å². The standard InChI is InChI=1S/C14H12FNO2/c15-12-7-6-10(13(16)14(17)18)8-11(12)9-4-2-1-3-5-9/h1-8,13H,16H2,(H,17,18). The third kappa shape index (κ3) is 2.38. The molecule has 0 saturated carbocycles. The molecule has 2 aromatic rings. The predicted octanol–water partition coefficient (Wildman–Crippen LogP) is 2.58. The molecule has 3 nitrogen and oxygen atoms in total. The van der Waals surface area contributed by atoms with Gasteiger partial charge in [0, 0.05) is 5.56 Å². The van der Waals surface area contributed by atoms with Crippen LogP contribution >= 0.6 is 0 Å². The van der Waals surface area contributed by atoms with E-state index < -0.39 is 17.8 Å². The topological polar surface area (TPSA) is 63.3 Å². The van der Waals surface area contributed by atoms with Crippen LogP contribution in [0.3, 0.4) is 0 Å². The first kappa shape index (κ1) is 12.3. The van der Waals surface area contributed by atoms with Crippen molar-refractivity contribution in [1.29, 1.82) is 0 Å². The van der Waals surface area contributed by atoms with Gasteiger partial charge in [0.25, 0.3) is 0 Å². The second-order valence-corrected chi connectivity index (χ2v) is 3.92. The molecule has 0 aliphatic heterocycles. The van der Waals surface area contributed by atoms with Gasteiger partial charge in [-0.05, 0) is 23.3 Å². The maximum atomic E-state index is 13.7. The van der Waals surface area contributed by atoms with Crippen molar-refractivity contribution in [3.63, 3.8) is 0 Å². The van der Waals surface area contributed by atoms with E-state index in [0.717, 1.165) is 0 Å². The molecule has 0 bridgehead atoms. The van der Waals surface area contributed by atoms with E-state index in [1.54, 1.807) is 24.3 Å². The van der Waals surface area contributed by atoms with Crippen molar-refractivity contribution in [1.82, 2.24) is 0 Å². The van der Waals surface area contributed by atoms with E-state index in [2.05, 4.69) is 0 Å². The third-order valence-electron chi connectivity index (χ3n) is 2.70. The molecule has 3 N–H and O–H groups in total. The summed E-state index contributed by atoms with van der Waals surface area (Å²) in [6, 6.07) is 11.9. The normalized spacial score (nSPS) is 12.1. The van der Waals surface area contributed by atoms with Crippen molar-refractivity contribution < 1.29 is 14.3 Å². The minimum absolute atomic E-state index is 0.352. The average Bonchev–Trinajstić information content (AvgIpc) is 2.39. The van der Waals surface area contributed by atoms with Crippen LogP contribution < -0.4 is 5.73 Å². The molecule has 1 unspecified atom stereocenters. The smallest absolute Gasteiger partial charge is 0.325 e. The summed E-state index contributed by atoms with van der Waals surface area (Å²) in [7, 11) is 0. The van der Waals surface area contributed by atoms with Crippen LogP contribution in [0.25, 0.3) is 11.1 Å². The Labute approximate surface area is 104 Å². The van der Waals surface area contributed by atoms with Crippen molar-refractivity contribution in [2.24, 2.45) is 5.73 Å². The number of hydrogen-bond acceptors (Lipinski definition) is 2. The summed E-state index contributed by atoms with van der Waals surface area (Å²) in [5.74, 6) is -1.54. The highest BCUT2D eigenvalue weighted by molar-refractivity contribution is 5.76. The zero-order chi connectivity index (χ0) is 13.1. The fraction of sp³-hybridized carbons (Fsp3) is 0.0714. The number of hydrogen-bond donors (Lipinski definition) is 2. The van der Waals surface area contributed by atoms with Gasteiger partial charge >= 0.3 is 5.97 Å². The summed E-state index contributed by atoms with van der Waals surface area (Å²) in [5.41, 5.74) is 6.93. The Hall–Kier alpha value is -2.20. The zero-order valence-electron chi connectivity index (χ0n) is 9.51. The third-order valence-corrected chi connectivity index (χ3v) is 2.70. The first-order valence-corrected chi connectivity index (χ1v) is 5.43. The lowest BCUT2D eigenvalue weighted by Crippen LogP contribution is -2.20. The molecule has 18 heavy (non-hydrogen) atoms. The second-order valence-electron chi connectivity index (χ2n) is 3.92. The molecule has 0 spiro atoms. The monoisotopic (exact) mass is 245 g/mol. The lowest BCUT2D eigenvalue weighted by Gasteiger charge is -2.10. The van der Waals surface area contributed by atoms with E-state index in [1.165, 1.54) is 18.2 Å². The summed E-state index contributed by atoms with van der Waals surface area (Å²) >= 11 is 0. The average molecular weight is 245 g/mol. The van der Waals surface area contributed by atoms with E-state index in [0.29, 0.717) is 16.7 Å². The molecule has 92 valence electrons. The molecular weight excluding hydrogens is 233 g/mol. The van der Waals surface area contributed by atoms with Crippen LogP contribution in [-0.2, 0) is 4.79 Å². The van der Waals surface area contributed by atoms with E-state index in [-0.39, 0.29) is 0 Å². The Kier molecular flexibility index (Phi) is 3.39. The number of nitrogens with two attached hydrogens (primary N) is 1. The number of carboxylic acid groups (broad SMARTS) is 1. The summed E-state index contributed by atoms with van der Waals surface area (Å²) < 4.78 is 13.7. The van der Waals surface area contributed by atoms with Gasteiger partial charge in [-0.1, -0.05) is 36.4 Å². The molecule has 0 aliphatic rings. The summed E-state index contributed by atoms with van der Waals surface area (Å²) in [6.07, 6.45) is 0. The molecule has 4 heteroatoms. The van der Waals surface area contributed by atoms with Crippen molar-refractivity contribution in [2.75, 3.05) is 0 Å². The lowest BCUT2D eigenvalue weighted by atomic mass is 9.99. The number of aliphatic carboxylic acids is 1. The van der Waals surface area contributed by atoms with Gasteiger partial charge in [0.2, 0.25) is 0 Å². The molecular formula is C14H12FNO2. The van der Waals surface area contributed by atoms with E-state index in [9.17, 15) is 9.18 Å². The number of rotatable bonds is 3. The quantitative estimate of drug-likeness (QED) is 0.873. The van der Waals surface area contributed by atoms with Gasteiger partial charge in [0.15, 0.2) is 0 Å². The highest BCUT2D eigenvalue weighted by Gasteiger charge is 2.16.